The van der Waals surface area contributed by atoms with Gasteiger partial charge in [0.15, 0.2) is 0 Å². The summed E-state index contributed by atoms with van der Waals surface area (Å²) in [4.78, 5) is 4.89. The topological polar surface area (TPSA) is 33.4 Å². The van der Waals surface area contributed by atoms with Crippen LogP contribution in [0.1, 0.15) is 18.9 Å². The number of aromatic nitrogens is 1. The molecule has 152 valence electrons. The van der Waals surface area contributed by atoms with Crippen LogP contribution in [0.15, 0.2) is 102 Å². The van der Waals surface area contributed by atoms with Crippen LogP contribution < -0.4 is 10.9 Å². The first-order valence-electron chi connectivity index (χ1n) is 10.4. The lowest BCUT2D eigenvalue weighted by molar-refractivity contribution is -0.322. The van der Waals surface area contributed by atoms with Crippen LogP contribution in [0.25, 0.3) is 16.8 Å². The van der Waals surface area contributed by atoms with Crippen LogP contribution in [0, 0.1) is 0 Å². The lowest BCUT2D eigenvalue weighted by Crippen LogP contribution is -2.63. The summed E-state index contributed by atoms with van der Waals surface area (Å²) >= 11 is 1.61. The number of hydrogen-bond acceptors (Lipinski definition) is 3. The van der Waals surface area contributed by atoms with Gasteiger partial charge in [0.2, 0.25) is 0 Å². The van der Waals surface area contributed by atoms with Gasteiger partial charge in [-0.05, 0) is 17.8 Å². The predicted molar refractivity (Wildman–Crippen MR) is 130 cm³/mol. The molecule has 0 saturated heterocycles. The molecule has 0 unspecified atom stereocenters. The molecular weight excluding hydrogens is 401 g/mol. The third kappa shape index (κ3) is 3.51. The predicted octanol–water partition coefficient (Wildman–Crippen LogP) is 4.95. The van der Waals surface area contributed by atoms with Crippen molar-refractivity contribution in [3.8, 4) is 11.3 Å². The van der Waals surface area contributed by atoms with Crippen molar-refractivity contribution in [1.29, 1.82) is 0 Å². The van der Waals surface area contributed by atoms with Crippen LogP contribution in [0.3, 0.4) is 0 Å². The zero-order valence-electron chi connectivity index (χ0n) is 17.5. The molecule has 0 bridgehead atoms. The summed E-state index contributed by atoms with van der Waals surface area (Å²) in [6.07, 6.45) is 0. The Kier molecular flexibility index (Phi) is 5.04. The van der Waals surface area contributed by atoms with Crippen molar-refractivity contribution in [2.24, 2.45) is 0 Å². The number of allylic oxidation sites excluding steroid dienone is 2. The third-order valence-electron chi connectivity index (χ3n) is 5.65. The maximum absolute atomic E-state index is 6.66. The van der Waals surface area contributed by atoms with Crippen molar-refractivity contribution < 1.29 is 9.00 Å². The molecule has 31 heavy (non-hydrogen) atoms. The number of ketones is 1. The van der Waals surface area contributed by atoms with E-state index in [1.54, 1.807) is 11.3 Å². The minimum atomic E-state index is -1.88. The molecule has 0 saturated carbocycles. The molecule has 1 aliphatic rings. The minimum Gasteiger partial charge on any atom is -0.629 e. The van der Waals surface area contributed by atoms with E-state index in [1.165, 1.54) is 0 Å². The fraction of sp³-hybridized carbons (Fsp3) is 0.0769. The highest BCUT2D eigenvalue weighted by molar-refractivity contribution is 7.11. The van der Waals surface area contributed by atoms with Gasteiger partial charge in [-0.1, -0.05) is 91.0 Å². The van der Waals surface area contributed by atoms with Crippen molar-refractivity contribution in [3.05, 3.63) is 107 Å². The third-order valence-corrected chi connectivity index (χ3v) is 6.51. The highest BCUT2D eigenvalue weighted by atomic mass is 32.1. The van der Waals surface area contributed by atoms with E-state index in [0.717, 1.165) is 44.3 Å². The molecule has 1 aromatic heterocycles. The summed E-state index contributed by atoms with van der Waals surface area (Å²) in [6.45, 7) is 2.14. The Morgan fingerprint density at radius 2 is 1.32 bits per heavy atom. The number of rotatable bonds is 4. The van der Waals surface area contributed by atoms with E-state index >= 15 is 0 Å². The van der Waals surface area contributed by atoms with E-state index in [2.05, 4.69) is 41.8 Å². The largest absolute Gasteiger partial charge is 0.649 e. The Bertz CT molecular complexity index is 1230. The summed E-state index contributed by atoms with van der Waals surface area (Å²) in [5, 5.41) is 2.99. The Labute approximate surface area is 186 Å². The summed E-state index contributed by atoms with van der Waals surface area (Å²) < 4.78 is 13.3. The van der Waals surface area contributed by atoms with Gasteiger partial charge in [-0.15, -0.1) is 11.3 Å². The second-order valence-corrected chi connectivity index (χ2v) is 8.52. The molecule has 0 fully saturated rings. The lowest BCUT2D eigenvalue weighted by atomic mass is 9.46. The van der Waals surface area contributed by atoms with Crippen LogP contribution in [-0.2, 0) is 9.00 Å². The summed E-state index contributed by atoms with van der Waals surface area (Å²) in [5.41, 5.74) is 5.01. The highest BCUT2D eigenvalue weighted by Crippen LogP contribution is 2.32. The van der Waals surface area contributed by atoms with Gasteiger partial charge in [0.25, 0.3) is 5.78 Å². The molecule has 0 radical (unpaired) electrons. The van der Waals surface area contributed by atoms with Crippen molar-refractivity contribution in [1.82, 2.24) is 4.98 Å². The van der Waals surface area contributed by atoms with Gasteiger partial charge < -0.3 is 9.00 Å². The van der Waals surface area contributed by atoms with Gasteiger partial charge in [-0.25, -0.2) is 4.98 Å². The second-order valence-electron chi connectivity index (χ2n) is 7.66. The lowest BCUT2D eigenvalue weighted by Gasteiger charge is -2.33. The van der Waals surface area contributed by atoms with Crippen molar-refractivity contribution in [3.63, 3.8) is 0 Å². The van der Waals surface area contributed by atoms with Crippen molar-refractivity contribution in [2.75, 3.05) is 0 Å². The molecule has 5 heteroatoms. The van der Waals surface area contributed by atoms with Crippen LogP contribution in [0.4, 0.5) is 0 Å². The van der Waals surface area contributed by atoms with E-state index < -0.39 is 6.55 Å². The highest BCUT2D eigenvalue weighted by Gasteiger charge is 2.51. The van der Waals surface area contributed by atoms with Crippen LogP contribution in [-0.4, -0.2) is 17.3 Å². The zero-order valence-corrected chi connectivity index (χ0v) is 18.3. The molecule has 5 rings (SSSR count). The van der Waals surface area contributed by atoms with Crippen molar-refractivity contribution in [2.45, 2.75) is 13.8 Å². The Morgan fingerprint density at radius 3 is 1.87 bits per heavy atom. The summed E-state index contributed by atoms with van der Waals surface area (Å²) in [7, 11) is 0. The molecule has 1 aliphatic heterocycles. The molecule has 0 atom stereocenters. The van der Waals surface area contributed by atoms with Gasteiger partial charge in [0, 0.05) is 17.9 Å². The molecule has 4 aromatic rings. The number of benzene rings is 3. The molecule has 0 spiro atoms. The molecule has 2 heterocycles. The second kappa shape index (κ2) is 8.01. The normalized spacial score (nSPS) is 15.4. The fourth-order valence-electron chi connectivity index (χ4n) is 4.20. The van der Waals surface area contributed by atoms with Gasteiger partial charge in [-0.2, -0.15) is 0 Å². The quantitative estimate of drug-likeness (QED) is 0.344. The average Bonchev–Trinajstić information content (AvgIpc) is 3.30. The van der Waals surface area contributed by atoms with Gasteiger partial charge in [0.1, 0.15) is 10.6 Å². The number of nitrogens with zero attached hydrogens (tertiary/aromatic N) is 1. The van der Waals surface area contributed by atoms with Crippen LogP contribution >= 0.6 is 11.3 Å². The van der Waals surface area contributed by atoms with Gasteiger partial charge in [0.05, 0.1) is 11.5 Å². The minimum absolute atomic E-state index is 0.824. The monoisotopic (exact) mass is 423 g/mol. The van der Waals surface area contributed by atoms with Gasteiger partial charge in [-0.3, -0.25) is 0 Å². The maximum Gasteiger partial charge on any atom is 0.649 e. The summed E-state index contributed by atoms with van der Waals surface area (Å²) in [6, 6.07) is 30.6. The van der Waals surface area contributed by atoms with Crippen LogP contribution in [0.5, 0.6) is 0 Å². The van der Waals surface area contributed by atoms with E-state index in [-0.39, 0.29) is 0 Å². The maximum atomic E-state index is 6.66. The zero-order chi connectivity index (χ0) is 21.3. The molecule has 0 aliphatic carbocycles. The number of thiazole rings is 1. The van der Waals surface area contributed by atoms with Crippen molar-refractivity contribution >= 4 is 40.2 Å². The average molecular weight is 423 g/mol. The fourth-order valence-corrected chi connectivity index (χ4v) is 5.16. The molecule has 3 nitrogen and oxygen atoms in total. The molecule has 3 aromatic carbocycles. The Balaban J connectivity index is 1.60. The number of hydrogen-bond donors (Lipinski definition) is 0. The Morgan fingerprint density at radius 1 is 0.774 bits per heavy atom. The number of carbonyl (C=O) groups excluding carboxylic acids is 1. The van der Waals surface area contributed by atoms with E-state index in [4.69, 9.17) is 14.0 Å². The molecule has 0 amide bonds. The van der Waals surface area contributed by atoms with Crippen LogP contribution in [0.2, 0.25) is 0 Å². The molecule has 0 N–H and O–H groups in total. The van der Waals surface area contributed by atoms with Gasteiger partial charge >= 0.3 is 6.55 Å². The molecular formula is C26H22BNO2S. The Hall–Kier alpha value is -3.44. The standard InChI is InChI=1S/C26H22BNO2S/c1-19-25(26-28-24(18-31-26)21-12-6-3-7-13-21)20(2)30-27(29-19,22-14-8-4-9-15-22)23-16-10-5-11-17-23/h3-18H,1-2H3. The first-order chi connectivity index (χ1) is 15.2. The summed E-state index contributed by atoms with van der Waals surface area (Å²) in [5.74, 6) is 1.65. The van der Waals surface area contributed by atoms with E-state index in [1.807, 2.05) is 68.4 Å². The van der Waals surface area contributed by atoms with E-state index in [9.17, 15) is 0 Å². The SMILES string of the molecule is CC1=[O+][B-](c2ccccc2)(c2ccccc2)OC(C)=C1c1nc(-c2ccccc2)cs1. The smallest absolute Gasteiger partial charge is 0.629 e. The first kappa shape index (κ1) is 19.5. The first-order valence-corrected chi connectivity index (χ1v) is 11.2. The van der Waals surface area contributed by atoms with E-state index in [0.29, 0.717) is 0 Å².